The fraction of sp³-hybridized carbons (Fsp3) is 0.217. The summed E-state index contributed by atoms with van der Waals surface area (Å²) in [6.07, 6.45) is 4.82. The van der Waals surface area contributed by atoms with E-state index < -0.39 is 11.4 Å². The maximum Gasteiger partial charge on any atom is 0.184 e. The summed E-state index contributed by atoms with van der Waals surface area (Å²) < 4.78 is 16.7. The van der Waals surface area contributed by atoms with Gasteiger partial charge >= 0.3 is 0 Å². The molecule has 1 aromatic carbocycles. The average Bonchev–Trinajstić information content (AvgIpc) is 3.24. The number of aromatic nitrogens is 4. The topological polar surface area (TPSA) is 80.4 Å². The average molecular weight is 437 g/mol. The molecule has 4 aromatic rings. The van der Waals surface area contributed by atoms with E-state index >= 15 is 0 Å². The first-order valence-corrected chi connectivity index (χ1v) is 10.2. The highest BCUT2D eigenvalue weighted by molar-refractivity contribution is 6.31. The van der Waals surface area contributed by atoms with Gasteiger partial charge in [0.1, 0.15) is 22.8 Å². The lowest BCUT2D eigenvalue weighted by Gasteiger charge is -2.16. The van der Waals surface area contributed by atoms with E-state index in [1.54, 1.807) is 30.5 Å². The highest BCUT2D eigenvalue weighted by atomic mass is 35.5. The molecule has 0 saturated heterocycles. The van der Waals surface area contributed by atoms with Crippen molar-refractivity contribution in [2.75, 3.05) is 0 Å². The van der Waals surface area contributed by atoms with Crippen molar-refractivity contribution in [2.45, 2.75) is 31.8 Å². The molecule has 0 unspecified atom stereocenters. The Morgan fingerprint density at radius 3 is 2.61 bits per heavy atom. The third-order valence-electron chi connectivity index (χ3n) is 5.52. The number of ketones is 1. The van der Waals surface area contributed by atoms with E-state index in [1.807, 2.05) is 18.2 Å². The molecule has 0 amide bonds. The molecule has 0 aliphatic heterocycles. The molecule has 6 nitrogen and oxygen atoms in total. The molecule has 8 heteroatoms. The zero-order chi connectivity index (χ0) is 21.9. The highest BCUT2D eigenvalue weighted by Gasteiger charge is 2.36. The molecule has 0 spiro atoms. The van der Waals surface area contributed by atoms with Gasteiger partial charge in [-0.25, -0.2) is 19.3 Å². The summed E-state index contributed by atoms with van der Waals surface area (Å²) in [5.41, 5.74) is 1.75. The molecule has 1 N–H and O–H groups in total. The monoisotopic (exact) mass is 436 g/mol. The number of hydrogen-bond donors (Lipinski definition) is 1. The number of imidazole rings is 1. The molecule has 3 heterocycles. The predicted octanol–water partition coefficient (Wildman–Crippen LogP) is 4.53. The van der Waals surface area contributed by atoms with Crippen LogP contribution in [0, 0.1) is 5.82 Å². The van der Waals surface area contributed by atoms with Crippen molar-refractivity contribution in [1.29, 1.82) is 0 Å². The fourth-order valence-electron chi connectivity index (χ4n) is 4.01. The van der Waals surface area contributed by atoms with E-state index in [2.05, 4.69) is 15.0 Å². The lowest BCUT2D eigenvalue weighted by molar-refractivity contribution is 0.0687. The summed E-state index contributed by atoms with van der Waals surface area (Å²) in [4.78, 5) is 25.4. The standard InChI is InChI=1S/C23H18ClFN4O2/c1-23(2,31)22-26-9-12(10-27-22)15-11-29-19(8-17(15)25)28-20-18(30)7-14(21(20)29)13-5-3-4-6-16(13)24/h3-6,8-11,14,31H,7H2,1-2H3/t14-/m0/s1. The van der Waals surface area contributed by atoms with Crippen molar-refractivity contribution in [3.8, 4) is 11.1 Å². The van der Waals surface area contributed by atoms with Crippen LogP contribution in [0.2, 0.25) is 5.02 Å². The van der Waals surface area contributed by atoms with Gasteiger partial charge in [0, 0.05) is 53.1 Å². The summed E-state index contributed by atoms with van der Waals surface area (Å²) in [6.45, 7) is 3.16. The number of Topliss-reactive ketones (excluding diaryl/α,β-unsaturated/α-hetero) is 1. The summed E-state index contributed by atoms with van der Waals surface area (Å²) in [7, 11) is 0. The molecule has 31 heavy (non-hydrogen) atoms. The summed E-state index contributed by atoms with van der Waals surface area (Å²) in [5, 5.41) is 10.6. The van der Waals surface area contributed by atoms with Crippen molar-refractivity contribution in [2.24, 2.45) is 0 Å². The second-order valence-electron chi connectivity index (χ2n) is 8.16. The Balaban J connectivity index is 1.67. The van der Waals surface area contributed by atoms with Crippen LogP contribution in [-0.2, 0) is 5.60 Å². The van der Waals surface area contributed by atoms with Crippen molar-refractivity contribution in [3.05, 3.63) is 82.5 Å². The van der Waals surface area contributed by atoms with Crippen molar-refractivity contribution in [3.63, 3.8) is 0 Å². The lowest BCUT2D eigenvalue weighted by atomic mass is 9.96. The zero-order valence-corrected chi connectivity index (χ0v) is 17.6. The van der Waals surface area contributed by atoms with Crippen LogP contribution in [0.15, 0.2) is 48.9 Å². The lowest BCUT2D eigenvalue weighted by Crippen LogP contribution is -2.19. The summed E-state index contributed by atoms with van der Waals surface area (Å²) in [6, 6.07) is 8.69. The van der Waals surface area contributed by atoms with Crippen LogP contribution in [0.25, 0.3) is 16.8 Å². The van der Waals surface area contributed by atoms with Gasteiger partial charge < -0.3 is 9.51 Å². The first-order chi connectivity index (χ1) is 14.7. The molecule has 0 bridgehead atoms. The molecule has 1 aliphatic rings. The Labute approximate surface area is 182 Å². The quantitative estimate of drug-likeness (QED) is 0.510. The molecule has 0 radical (unpaired) electrons. The number of aliphatic hydroxyl groups is 1. The molecule has 156 valence electrons. The number of hydrogen-bond acceptors (Lipinski definition) is 5. The van der Waals surface area contributed by atoms with Gasteiger partial charge in [-0.15, -0.1) is 0 Å². The molecule has 3 aromatic heterocycles. The van der Waals surface area contributed by atoms with E-state index in [0.717, 1.165) is 5.56 Å². The number of pyridine rings is 1. The molecular weight excluding hydrogens is 419 g/mol. The minimum absolute atomic E-state index is 0.0940. The van der Waals surface area contributed by atoms with Crippen molar-refractivity contribution < 1.29 is 14.3 Å². The largest absolute Gasteiger partial charge is 0.382 e. The van der Waals surface area contributed by atoms with Crippen LogP contribution in [0.4, 0.5) is 4.39 Å². The second kappa shape index (κ2) is 6.93. The Hall–Kier alpha value is -3.16. The highest BCUT2D eigenvalue weighted by Crippen LogP contribution is 2.41. The Morgan fingerprint density at radius 1 is 1.23 bits per heavy atom. The van der Waals surface area contributed by atoms with Crippen molar-refractivity contribution in [1.82, 2.24) is 19.4 Å². The normalized spacial score (nSPS) is 16.2. The molecular formula is C23H18ClFN4O2. The molecule has 1 aliphatic carbocycles. The number of carbonyl (C=O) groups excluding carboxylic acids is 1. The van der Waals surface area contributed by atoms with Crippen LogP contribution in [0.3, 0.4) is 0 Å². The third-order valence-corrected chi connectivity index (χ3v) is 5.87. The Kier molecular flexibility index (Phi) is 4.42. The van der Waals surface area contributed by atoms with Gasteiger partial charge in [0.15, 0.2) is 11.6 Å². The SMILES string of the molecule is CC(C)(O)c1ncc(-c2cn3c4c(nc3cc2F)C(=O)C[C@H]4c2ccccc2Cl)cn1. The number of nitrogens with zero attached hydrogens (tertiary/aromatic N) is 4. The van der Waals surface area contributed by atoms with Gasteiger partial charge in [-0.3, -0.25) is 4.79 Å². The zero-order valence-electron chi connectivity index (χ0n) is 16.8. The van der Waals surface area contributed by atoms with Crippen LogP contribution >= 0.6 is 11.6 Å². The number of rotatable bonds is 3. The summed E-state index contributed by atoms with van der Waals surface area (Å²) in [5.74, 6) is -0.620. The minimum Gasteiger partial charge on any atom is -0.382 e. The van der Waals surface area contributed by atoms with Gasteiger partial charge in [-0.2, -0.15) is 0 Å². The Bertz CT molecular complexity index is 1340. The number of halogens is 2. The van der Waals surface area contributed by atoms with Gasteiger partial charge in [0.05, 0.1) is 5.69 Å². The van der Waals surface area contributed by atoms with Crippen LogP contribution in [-0.4, -0.2) is 30.2 Å². The predicted molar refractivity (Wildman–Crippen MR) is 114 cm³/mol. The van der Waals surface area contributed by atoms with Crippen molar-refractivity contribution >= 4 is 23.0 Å². The fourth-order valence-corrected chi connectivity index (χ4v) is 4.28. The van der Waals surface area contributed by atoms with Gasteiger partial charge in [-0.05, 0) is 25.5 Å². The van der Waals surface area contributed by atoms with Gasteiger partial charge in [0.25, 0.3) is 0 Å². The smallest absolute Gasteiger partial charge is 0.184 e. The first-order valence-electron chi connectivity index (χ1n) is 9.78. The van der Waals surface area contributed by atoms with E-state index in [1.165, 1.54) is 18.5 Å². The van der Waals surface area contributed by atoms with E-state index in [0.29, 0.717) is 27.6 Å². The molecule has 5 rings (SSSR count). The number of carbonyl (C=O) groups is 1. The second-order valence-corrected chi connectivity index (χ2v) is 8.57. The first kappa shape index (κ1) is 19.8. The van der Waals surface area contributed by atoms with E-state index in [-0.39, 0.29) is 29.5 Å². The number of fused-ring (bicyclic) bond motifs is 3. The van der Waals surface area contributed by atoms with E-state index in [9.17, 15) is 14.3 Å². The van der Waals surface area contributed by atoms with Gasteiger partial charge in [-0.1, -0.05) is 29.8 Å². The number of benzene rings is 1. The third kappa shape index (κ3) is 3.21. The summed E-state index contributed by atoms with van der Waals surface area (Å²) >= 11 is 6.40. The maximum absolute atomic E-state index is 14.9. The van der Waals surface area contributed by atoms with Crippen LogP contribution in [0.5, 0.6) is 0 Å². The van der Waals surface area contributed by atoms with Crippen LogP contribution < -0.4 is 0 Å². The molecule has 1 atom stereocenters. The van der Waals surface area contributed by atoms with E-state index in [4.69, 9.17) is 11.6 Å². The van der Waals surface area contributed by atoms with Crippen LogP contribution in [0.1, 0.15) is 53.8 Å². The minimum atomic E-state index is -1.20. The molecule has 0 saturated carbocycles. The Morgan fingerprint density at radius 2 is 1.94 bits per heavy atom. The van der Waals surface area contributed by atoms with Gasteiger partial charge in [0.2, 0.25) is 0 Å². The maximum atomic E-state index is 14.9. The molecule has 0 fully saturated rings.